The first-order chi connectivity index (χ1) is 6.04. The van der Waals surface area contributed by atoms with Crippen LogP contribution >= 0.6 is 27.3 Å². The molecule has 1 heterocycles. The summed E-state index contributed by atoms with van der Waals surface area (Å²) in [5.74, 6) is 0. The van der Waals surface area contributed by atoms with Crippen molar-refractivity contribution in [3.63, 3.8) is 0 Å². The van der Waals surface area contributed by atoms with Crippen LogP contribution in [0.1, 0.15) is 16.2 Å². The Morgan fingerprint density at radius 1 is 1.31 bits per heavy atom. The Labute approximate surface area is 86.9 Å². The third-order valence-corrected chi connectivity index (χ3v) is 3.25. The molecular weight excluding hydrogens is 265 g/mol. The van der Waals surface area contributed by atoms with Gasteiger partial charge in [-0.15, -0.1) is 11.3 Å². The van der Waals surface area contributed by atoms with Gasteiger partial charge in [0.1, 0.15) is 4.88 Å². The Balaban J connectivity index is 2.64. The van der Waals surface area contributed by atoms with Crippen LogP contribution in [-0.4, -0.2) is 5.33 Å². The van der Waals surface area contributed by atoms with Crippen LogP contribution in [0.5, 0.6) is 0 Å². The molecule has 1 aromatic heterocycles. The van der Waals surface area contributed by atoms with E-state index in [9.17, 15) is 13.2 Å². The number of hydrogen-bond donors (Lipinski definition) is 0. The molecule has 0 unspecified atom stereocenters. The summed E-state index contributed by atoms with van der Waals surface area (Å²) in [5.41, 5.74) is 0. The second-order valence-corrected chi connectivity index (χ2v) is 4.52. The summed E-state index contributed by atoms with van der Waals surface area (Å²) in [7, 11) is 0. The average Bonchev–Trinajstić information content (AvgIpc) is 2.47. The van der Waals surface area contributed by atoms with Gasteiger partial charge in [-0.25, -0.2) is 0 Å². The predicted molar refractivity (Wildman–Crippen MR) is 51.4 cm³/mol. The van der Waals surface area contributed by atoms with Crippen LogP contribution in [0.2, 0.25) is 0 Å². The van der Waals surface area contributed by atoms with E-state index in [2.05, 4.69) is 15.9 Å². The fourth-order valence-corrected chi connectivity index (χ4v) is 2.10. The van der Waals surface area contributed by atoms with E-state index in [1.54, 1.807) is 6.07 Å². The van der Waals surface area contributed by atoms with Gasteiger partial charge in [0.25, 0.3) is 0 Å². The standard InChI is InChI=1S/C8H8BrF3S/c9-5-1-2-6-3-4-7(13-6)8(10,11)12/h3-4H,1-2,5H2. The van der Waals surface area contributed by atoms with E-state index in [1.807, 2.05) is 0 Å². The van der Waals surface area contributed by atoms with Gasteiger partial charge in [0.05, 0.1) is 0 Å². The number of hydrogen-bond acceptors (Lipinski definition) is 1. The topological polar surface area (TPSA) is 0 Å². The Morgan fingerprint density at radius 3 is 2.46 bits per heavy atom. The van der Waals surface area contributed by atoms with Gasteiger partial charge in [0, 0.05) is 10.2 Å². The van der Waals surface area contributed by atoms with Gasteiger partial charge in [0.15, 0.2) is 0 Å². The molecule has 0 aliphatic rings. The van der Waals surface area contributed by atoms with Crippen LogP contribution < -0.4 is 0 Å². The number of aryl methyl sites for hydroxylation is 1. The molecule has 0 spiro atoms. The smallest absolute Gasteiger partial charge is 0.165 e. The molecule has 0 aliphatic carbocycles. The zero-order valence-electron chi connectivity index (χ0n) is 6.70. The van der Waals surface area contributed by atoms with Gasteiger partial charge >= 0.3 is 6.18 Å². The van der Waals surface area contributed by atoms with Crippen LogP contribution in [0.3, 0.4) is 0 Å². The first-order valence-corrected chi connectivity index (χ1v) is 5.69. The van der Waals surface area contributed by atoms with Crippen LogP contribution in [0.15, 0.2) is 12.1 Å². The summed E-state index contributed by atoms with van der Waals surface area (Å²) in [4.78, 5) is 0.295. The maximum absolute atomic E-state index is 12.1. The molecule has 0 atom stereocenters. The fourth-order valence-electron chi connectivity index (χ4n) is 0.906. The van der Waals surface area contributed by atoms with Crippen molar-refractivity contribution < 1.29 is 13.2 Å². The average molecular weight is 273 g/mol. The third kappa shape index (κ3) is 3.31. The lowest BCUT2D eigenvalue weighted by Crippen LogP contribution is -2.00. The van der Waals surface area contributed by atoms with E-state index in [1.165, 1.54) is 0 Å². The molecule has 0 amide bonds. The maximum atomic E-state index is 12.1. The molecule has 0 saturated heterocycles. The van der Waals surface area contributed by atoms with Gasteiger partial charge in [-0.05, 0) is 25.0 Å². The lowest BCUT2D eigenvalue weighted by Gasteiger charge is -2.00. The van der Waals surface area contributed by atoms with Gasteiger partial charge in [-0.3, -0.25) is 0 Å². The zero-order valence-corrected chi connectivity index (χ0v) is 9.10. The first-order valence-electron chi connectivity index (χ1n) is 3.76. The van der Waals surface area contributed by atoms with Crippen molar-refractivity contribution in [2.24, 2.45) is 0 Å². The first kappa shape index (κ1) is 11.0. The van der Waals surface area contributed by atoms with Crippen LogP contribution in [0.4, 0.5) is 13.2 Å². The summed E-state index contributed by atoms with van der Waals surface area (Å²) in [6.07, 6.45) is -2.60. The second kappa shape index (κ2) is 4.46. The molecule has 0 N–H and O–H groups in total. The summed E-state index contributed by atoms with van der Waals surface area (Å²) < 4.78 is 36.4. The summed E-state index contributed by atoms with van der Waals surface area (Å²) >= 11 is 4.07. The van der Waals surface area contributed by atoms with E-state index in [0.29, 0.717) is 6.42 Å². The van der Waals surface area contributed by atoms with Gasteiger partial charge in [-0.1, -0.05) is 15.9 Å². The molecule has 0 aliphatic heterocycles. The molecule has 0 nitrogen and oxygen atoms in total. The van der Waals surface area contributed by atoms with Gasteiger partial charge < -0.3 is 0 Å². The highest BCUT2D eigenvalue weighted by atomic mass is 79.9. The highest BCUT2D eigenvalue weighted by molar-refractivity contribution is 9.09. The molecule has 0 radical (unpaired) electrons. The SMILES string of the molecule is FC(F)(F)c1ccc(CCCBr)s1. The quantitative estimate of drug-likeness (QED) is 0.727. The van der Waals surface area contributed by atoms with Crippen LogP contribution in [0, 0.1) is 0 Å². The number of halogens is 4. The molecule has 13 heavy (non-hydrogen) atoms. The summed E-state index contributed by atoms with van der Waals surface area (Å²) in [6, 6.07) is 2.70. The molecule has 5 heteroatoms. The third-order valence-electron chi connectivity index (χ3n) is 1.50. The minimum atomic E-state index is -4.18. The molecular formula is C8H8BrF3S. The summed E-state index contributed by atoms with van der Waals surface area (Å²) in [6.45, 7) is 0. The van der Waals surface area contributed by atoms with Crippen molar-refractivity contribution in [2.45, 2.75) is 19.0 Å². The maximum Gasteiger partial charge on any atom is 0.425 e. The minimum Gasteiger partial charge on any atom is -0.165 e. The Bertz CT molecular complexity index is 267. The van der Waals surface area contributed by atoms with Crippen molar-refractivity contribution >= 4 is 27.3 Å². The molecule has 0 aromatic carbocycles. The Morgan fingerprint density at radius 2 is 2.00 bits per heavy atom. The highest BCUT2D eigenvalue weighted by Crippen LogP contribution is 2.34. The van der Waals surface area contributed by atoms with Crippen LogP contribution in [-0.2, 0) is 12.6 Å². The number of rotatable bonds is 3. The van der Waals surface area contributed by atoms with E-state index in [4.69, 9.17) is 0 Å². The molecule has 0 bridgehead atoms. The van der Waals surface area contributed by atoms with E-state index in [-0.39, 0.29) is 0 Å². The molecule has 0 saturated carbocycles. The normalized spacial score (nSPS) is 12.0. The van der Waals surface area contributed by atoms with E-state index >= 15 is 0 Å². The lowest BCUT2D eigenvalue weighted by atomic mass is 10.3. The fraction of sp³-hybridized carbons (Fsp3) is 0.500. The lowest BCUT2D eigenvalue weighted by molar-refractivity contribution is -0.134. The number of thiophene rings is 1. The number of alkyl halides is 4. The Kier molecular flexibility index (Phi) is 3.79. The molecule has 1 rings (SSSR count). The summed E-state index contributed by atoms with van der Waals surface area (Å²) in [5, 5.41) is 0.826. The van der Waals surface area contributed by atoms with Crippen molar-refractivity contribution in [1.29, 1.82) is 0 Å². The molecule has 1 aromatic rings. The monoisotopic (exact) mass is 272 g/mol. The van der Waals surface area contributed by atoms with E-state index < -0.39 is 11.1 Å². The highest BCUT2D eigenvalue weighted by Gasteiger charge is 2.32. The van der Waals surface area contributed by atoms with Crippen molar-refractivity contribution in [3.8, 4) is 0 Å². The molecule has 0 fully saturated rings. The van der Waals surface area contributed by atoms with Crippen molar-refractivity contribution in [2.75, 3.05) is 5.33 Å². The molecule has 74 valence electrons. The Hall–Kier alpha value is -0.0300. The van der Waals surface area contributed by atoms with Gasteiger partial charge in [-0.2, -0.15) is 13.2 Å². The zero-order chi connectivity index (χ0) is 9.90. The second-order valence-electron chi connectivity index (χ2n) is 2.56. The minimum absolute atomic E-state index is 0.503. The van der Waals surface area contributed by atoms with Crippen molar-refractivity contribution in [3.05, 3.63) is 21.9 Å². The predicted octanol–water partition coefficient (Wildman–Crippen LogP) is 4.09. The van der Waals surface area contributed by atoms with Crippen molar-refractivity contribution in [1.82, 2.24) is 0 Å². The van der Waals surface area contributed by atoms with E-state index in [0.717, 1.165) is 34.0 Å². The van der Waals surface area contributed by atoms with Gasteiger partial charge in [0.2, 0.25) is 0 Å². The largest absolute Gasteiger partial charge is 0.425 e. The van der Waals surface area contributed by atoms with Crippen LogP contribution in [0.25, 0.3) is 0 Å².